The second kappa shape index (κ2) is 9.30. The Morgan fingerprint density at radius 2 is 1.80 bits per heavy atom. The van der Waals surface area contributed by atoms with Gasteiger partial charge in [0.25, 0.3) is 0 Å². The van der Waals surface area contributed by atoms with Gasteiger partial charge in [-0.25, -0.2) is 4.79 Å². The van der Waals surface area contributed by atoms with Crippen LogP contribution in [0.2, 0.25) is 0 Å². The molecule has 1 saturated heterocycles. The van der Waals surface area contributed by atoms with Crippen LogP contribution in [0.4, 0.5) is 10.5 Å². The molecule has 1 aliphatic heterocycles. The van der Waals surface area contributed by atoms with Crippen LogP contribution in [0, 0.1) is 5.92 Å². The van der Waals surface area contributed by atoms with Gasteiger partial charge in [-0.1, -0.05) is 18.2 Å². The van der Waals surface area contributed by atoms with Crippen molar-refractivity contribution in [1.82, 2.24) is 4.90 Å². The summed E-state index contributed by atoms with van der Waals surface area (Å²) in [5, 5.41) is 2.94. The molecule has 0 spiro atoms. The maximum atomic E-state index is 12.3. The van der Waals surface area contributed by atoms with E-state index in [0.29, 0.717) is 12.5 Å². The third-order valence-electron chi connectivity index (χ3n) is 4.22. The number of piperidine rings is 1. The van der Waals surface area contributed by atoms with Crippen molar-refractivity contribution < 1.29 is 9.53 Å². The van der Waals surface area contributed by atoms with Crippen LogP contribution >= 0.6 is 12.4 Å². The van der Waals surface area contributed by atoms with E-state index in [1.807, 2.05) is 59.5 Å². The Labute approximate surface area is 154 Å². The van der Waals surface area contributed by atoms with Gasteiger partial charge >= 0.3 is 6.03 Å². The summed E-state index contributed by atoms with van der Waals surface area (Å²) in [6.07, 6.45) is 2.12. The van der Waals surface area contributed by atoms with Crippen molar-refractivity contribution >= 4 is 24.1 Å². The first kappa shape index (κ1) is 19.1. The fraction of sp³-hybridized carbons (Fsp3) is 0.316. The molecule has 1 unspecified atom stereocenters. The van der Waals surface area contributed by atoms with Gasteiger partial charge in [0.15, 0.2) is 0 Å². The topological polar surface area (TPSA) is 67.6 Å². The highest BCUT2D eigenvalue weighted by molar-refractivity contribution is 5.89. The van der Waals surface area contributed by atoms with Crippen molar-refractivity contribution in [2.24, 2.45) is 11.7 Å². The maximum Gasteiger partial charge on any atom is 0.321 e. The summed E-state index contributed by atoms with van der Waals surface area (Å²) in [4.78, 5) is 14.2. The molecule has 134 valence electrons. The molecule has 0 bridgehead atoms. The zero-order valence-electron chi connectivity index (χ0n) is 14.1. The Kier molecular flexibility index (Phi) is 7.10. The molecule has 1 atom stereocenters. The standard InChI is InChI=1S/C19H23N3O2.ClH/c20-13-15-5-4-12-22(14-15)19(23)21-16-8-10-18(11-9-16)24-17-6-2-1-3-7-17;/h1-3,6-11,15H,4-5,12-14,20H2,(H,21,23);1H. The van der Waals surface area contributed by atoms with Gasteiger partial charge in [0, 0.05) is 18.8 Å². The van der Waals surface area contributed by atoms with Crippen LogP contribution in [0.15, 0.2) is 54.6 Å². The summed E-state index contributed by atoms with van der Waals surface area (Å²) in [6.45, 7) is 2.16. The number of nitrogens with two attached hydrogens (primary N) is 1. The zero-order valence-corrected chi connectivity index (χ0v) is 14.9. The Morgan fingerprint density at radius 1 is 1.12 bits per heavy atom. The number of ether oxygens (including phenoxy) is 1. The molecular weight excluding hydrogens is 338 g/mol. The molecule has 2 aromatic rings. The number of nitrogens with one attached hydrogen (secondary N) is 1. The van der Waals surface area contributed by atoms with Crippen molar-refractivity contribution in [3.63, 3.8) is 0 Å². The molecule has 2 aromatic carbocycles. The van der Waals surface area contributed by atoms with Crippen molar-refractivity contribution in [3.8, 4) is 11.5 Å². The molecule has 25 heavy (non-hydrogen) atoms. The molecule has 0 aromatic heterocycles. The molecule has 0 saturated carbocycles. The summed E-state index contributed by atoms with van der Waals surface area (Å²) < 4.78 is 5.75. The quantitative estimate of drug-likeness (QED) is 0.861. The summed E-state index contributed by atoms with van der Waals surface area (Å²) in [7, 11) is 0. The second-order valence-electron chi connectivity index (χ2n) is 6.06. The van der Waals surface area contributed by atoms with E-state index in [9.17, 15) is 4.79 Å². The molecule has 5 nitrogen and oxygen atoms in total. The minimum absolute atomic E-state index is 0. The van der Waals surface area contributed by atoms with Crippen molar-refractivity contribution in [1.29, 1.82) is 0 Å². The number of para-hydroxylation sites is 1. The van der Waals surface area contributed by atoms with Crippen LogP contribution in [-0.4, -0.2) is 30.6 Å². The SMILES string of the molecule is Cl.NCC1CCCN(C(=O)Nc2ccc(Oc3ccccc3)cc2)C1. The highest BCUT2D eigenvalue weighted by atomic mass is 35.5. The van der Waals surface area contributed by atoms with Gasteiger partial charge in [0.1, 0.15) is 11.5 Å². The Morgan fingerprint density at radius 3 is 2.48 bits per heavy atom. The van der Waals surface area contributed by atoms with Gasteiger partial charge in [-0.3, -0.25) is 0 Å². The lowest BCUT2D eigenvalue weighted by Gasteiger charge is -2.32. The molecule has 0 aliphatic carbocycles. The van der Waals surface area contributed by atoms with Gasteiger partial charge in [0.05, 0.1) is 0 Å². The number of halogens is 1. The molecule has 3 N–H and O–H groups in total. The van der Waals surface area contributed by atoms with E-state index in [1.165, 1.54) is 0 Å². The maximum absolute atomic E-state index is 12.3. The lowest BCUT2D eigenvalue weighted by molar-refractivity contribution is 0.179. The Hall–Kier alpha value is -2.24. The molecule has 2 amide bonds. The number of urea groups is 1. The first-order chi connectivity index (χ1) is 11.7. The number of hydrogen-bond donors (Lipinski definition) is 2. The number of nitrogens with zero attached hydrogens (tertiary/aromatic N) is 1. The van der Waals surface area contributed by atoms with Crippen LogP contribution in [-0.2, 0) is 0 Å². The largest absolute Gasteiger partial charge is 0.457 e. The number of anilines is 1. The average molecular weight is 362 g/mol. The lowest BCUT2D eigenvalue weighted by Crippen LogP contribution is -2.44. The van der Waals surface area contributed by atoms with Crippen LogP contribution in [0.1, 0.15) is 12.8 Å². The number of likely N-dealkylation sites (tertiary alicyclic amines) is 1. The Balaban J connectivity index is 0.00000225. The molecule has 0 radical (unpaired) electrons. The first-order valence-corrected chi connectivity index (χ1v) is 8.33. The van der Waals surface area contributed by atoms with Crippen LogP contribution in [0.25, 0.3) is 0 Å². The predicted molar refractivity (Wildman–Crippen MR) is 103 cm³/mol. The van der Waals surface area contributed by atoms with Crippen molar-refractivity contribution in [2.45, 2.75) is 12.8 Å². The van der Waals surface area contributed by atoms with Crippen LogP contribution < -0.4 is 15.8 Å². The number of amides is 2. The van der Waals surface area contributed by atoms with Crippen LogP contribution in [0.5, 0.6) is 11.5 Å². The van der Waals surface area contributed by atoms with E-state index in [2.05, 4.69) is 5.32 Å². The van der Waals surface area contributed by atoms with E-state index in [-0.39, 0.29) is 18.4 Å². The van der Waals surface area contributed by atoms with E-state index in [4.69, 9.17) is 10.5 Å². The average Bonchev–Trinajstić information content (AvgIpc) is 2.64. The summed E-state index contributed by atoms with van der Waals surface area (Å²) in [5.41, 5.74) is 6.49. The fourth-order valence-corrected chi connectivity index (χ4v) is 2.88. The third-order valence-corrected chi connectivity index (χ3v) is 4.22. The van der Waals surface area contributed by atoms with Crippen LogP contribution in [0.3, 0.4) is 0 Å². The van der Waals surface area contributed by atoms with Crippen molar-refractivity contribution in [3.05, 3.63) is 54.6 Å². The lowest BCUT2D eigenvalue weighted by atomic mass is 9.99. The smallest absolute Gasteiger partial charge is 0.321 e. The zero-order chi connectivity index (χ0) is 16.8. The van der Waals surface area contributed by atoms with Gasteiger partial charge in [-0.15, -0.1) is 12.4 Å². The van der Waals surface area contributed by atoms with E-state index in [1.54, 1.807) is 0 Å². The van der Waals surface area contributed by atoms with Gasteiger partial charge in [-0.05, 0) is 61.7 Å². The number of benzene rings is 2. The van der Waals surface area contributed by atoms with E-state index in [0.717, 1.165) is 43.1 Å². The predicted octanol–water partition coefficient (Wildman–Crippen LogP) is 4.10. The molecule has 6 heteroatoms. The minimum atomic E-state index is -0.0649. The van der Waals surface area contributed by atoms with E-state index < -0.39 is 0 Å². The number of hydrogen-bond acceptors (Lipinski definition) is 3. The van der Waals surface area contributed by atoms with E-state index >= 15 is 0 Å². The highest BCUT2D eigenvalue weighted by Gasteiger charge is 2.22. The van der Waals surface area contributed by atoms with Crippen molar-refractivity contribution in [2.75, 3.05) is 25.0 Å². The first-order valence-electron chi connectivity index (χ1n) is 8.33. The summed E-state index contributed by atoms with van der Waals surface area (Å²) in [5.74, 6) is 1.93. The monoisotopic (exact) mass is 361 g/mol. The number of carbonyl (C=O) groups excluding carboxylic acids is 1. The van der Waals surface area contributed by atoms with Gasteiger partial charge in [-0.2, -0.15) is 0 Å². The Bertz CT molecular complexity index is 664. The molecule has 3 rings (SSSR count). The number of carbonyl (C=O) groups is 1. The minimum Gasteiger partial charge on any atom is -0.457 e. The normalized spacial score (nSPS) is 16.7. The molecular formula is C19H24ClN3O2. The van der Waals surface area contributed by atoms with Gasteiger partial charge in [0.2, 0.25) is 0 Å². The summed E-state index contributed by atoms with van der Waals surface area (Å²) in [6, 6.07) is 16.9. The molecule has 1 heterocycles. The highest BCUT2D eigenvalue weighted by Crippen LogP contribution is 2.23. The number of rotatable bonds is 4. The molecule has 1 fully saturated rings. The second-order valence-corrected chi connectivity index (χ2v) is 6.06. The van der Waals surface area contributed by atoms with Gasteiger partial charge < -0.3 is 20.7 Å². The third kappa shape index (κ3) is 5.37. The molecule has 1 aliphatic rings. The fourth-order valence-electron chi connectivity index (χ4n) is 2.88. The summed E-state index contributed by atoms with van der Waals surface area (Å²) >= 11 is 0.